The van der Waals surface area contributed by atoms with Gasteiger partial charge in [-0.15, -0.1) is 0 Å². The van der Waals surface area contributed by atoms with Crippen LogP contribution in [0.15, 0.2) is 24.3 Å². The molecule has 1 unspecified atom stereocenters. The average molecular weight is 174 g/mol. The van der Waals surface area contributed by atoms with Crippen molar-refractivity contribution in [3.8, 4) is 0 Å². The summed E-state index contributed by atoms with van der Waals surface area (Å²) in [4.78, 5) is 11.1. The molecule has 0 fully saturated rings. The molecule has 2 radical (unpaired) electrons. The third kappa shape index (κ3) is 2.34. The minimum absolute atomic E-state index is 0.411. The Bertz CT molecular complexity index is 310. The molecule has 0 heterocycles. The highest BCUT2D eigenvalue weighted by atomic mass is 16.5. The number of hydrogen-bond donors (Lipinski definition) is 0. The Hall–Kier alpha value is -1.25. The van der Waals surface area contributed by atoms with E-state index in [1.807, 2.05) is 31.2 Å². The molecular formula is C10H11BO2. The Morgan fingerprint density at radius 2 is 2.23 bits per heavy atom. The van der Waals surface area contributed by atoms with Crippen LogP contribution in [-0.4, -0.2) is 20.9 Å². The van der Waals surface area contributed by atoms with Crippen LogP contribution in [0.2, 0.25) is 0 Å². The second-order valence-corrected chi connectivity index (χ2v) is 2.91. The fourth-order valence-electron chi connectivity index (χ4n) is 1.13. The maximum atomic E-state index is 11.1. The zero-order valence-corrected chi connectivity index (χ0v) is 7.78. The van der Waals surface area contributed by atoms with Crippen molar-refractivity contribution in [3.63, 3.8) is 0 Å². The molecular weight excluding hydrogens is 163 g/mol. The minimum Gasteiger partial charge on any atom is -0.469 e. The summed E-state index contributed by atoms with van der Waals surface area (Å²) < 4.78 is 4.54. The van der Waals surface area contributed by atoms with Crippen molar-refractivity contribution in [3.05, 3.63) is 35.4 Å². The lowest BCUT2D eigenvalue weighted by molar-refractivity contribution is -0.140. The lowest BCUT2D eigenvalue weighted by Crippen LogP contribution is -2.14. The zero-order valence-electron chi connectivity index (χ0n) is 7.78. The van der Waals surface area contributed by atoms with Gasteiger partial charge < -0.3 is 4.74 Å². The molecule has 13 heavy (non-hydrogen) atoms. The van der Waals surface area contributed by atoms with Gasteiger partial charge in [0, 0.05) is 5.82 Å². The Morgan fingerprint density at radius 1 is 1.54 bits per heavy atom. The van der Waals surface area contributed by atoms with Crippen LogP contribution in [-0.2, 0) is 9.53 Å². The van der Waals surface area contributed by atoms with Gasteiger partial charge in [-0.2, -0.15) is 0 Å². The number of hydrogen-bond acceptors (Lipinski definition) is 2. The van der Waals surface area contributed by atoms with Gasteiger partial charge in [0.25, 0.3) is 0 Å². The van der Waals surface area contributed by atoms with E-state index in [-0.39, 0.29) is 0 Å². The molecule has 66 valence electrons. The monoisotopic (exact) mass is 174 g/mol. The summed E-state index contributed by atoms with van der Waals surface area (Å²) in [5.74, 6) is -1.09. The van der Waals surface area contributed by atoms with Crippen molar-refractivity contribution in [1.29, 1.82) is 0 Å². The second kappa shape index (κ2) is 4.12. The molecule has 0 N–H and O–H groups in total. The summed E-state index contributed by atoms with van der Waals surface area (Å²) in [7, 11) is 6.97. The van der Waals surface area contributed by atoms with E-state index in [0.29, 0.717) is 0 Å². The quantitative estimate of drug-likeness (QED) is 0.500. The van der Waals surface area contributed by atoms with Crippen LogP contribution in [0.3, 0.4) is 0 Å². The minimum atomic E-state index is -0.676. The average Bonchev–Trinajstić information content (AvgIpc) is 2.15. The lowest BCUT2D eigenvalue weighted by Gasteiger charge is -2.09. The lowest BCUT2D eigenvalue weighted by atomic mass is 9.81. The molecule has 0 aliphatic carbocycles. The number of ether oxygens (including phenoxy) is 1. The molecule has 0 aliphatic rings. The van der Waals surface area contributed by atoms with Crippen molar-refractivity contribution in [2.24, 2.45) is 0 Å². The first kappa shape index (κ1) is 9.84. The van der Waals surface area contributed by atoms with Crippen molar-refractivity contribution in [2.45, 2.75) is 12.7 Å². The third-order valence-electron chi connectivity index (χ3n) is 1.86. The summed E-state index contributed by atoms with van der Waals surface area (Å²) in [5.41, 5.74) is 1.86. The summed E-state index contributed by atoms with van der Waals surface area (Å²) in [5, 5.41) is 0. The number of esters is 1. The molecule has 1 rings (SSSR count). The molecule has 0 amide bonds. The van der Waals surface area contributed by atoms with E-state index < -0.39 is 11.8 Å². The molecule has 0 aliphatic heterocycles. The number of carbonyl (C=O) groups is 1. The molecule has 0 bridgehead atoms. The van der Waals surface area contributed by atoms with E-state index in [1.165, 1.54) is 7.11 Å². The number of methoxy groups -OCH3 is 1. The van der Waals surface area contributed by atoms with E-state index in [4.69, 9.17) is 7.85 Å². The topological polar surface area (TPSA) is 26.3 Å². The van der Waals surface area contributed by atoms with Crippen LogP contribution in [0.4, 0.5) is 0 Å². The molecule has 0 spiro atoms. The van der Waals surface area contributed by atoms with Gasteiger partial charge in [0.2, 0.25) is 0 Å². The Labute approximate surface area is 79.3 Å². The van der Waals surface area contributed by atoms with Gasteiger partial charge in [-0.1, -0.05) is 29.8 Å². The van der Waals surface area contributed by atoms with Crippen LogP contribution >= 0.6 is 0 Å². The third-order valence-corrected chi connectivity index (χ3v) is 1.86. The van der Waals surface area contributed by atoms with Crippen molar-refractivity contribution in [1.82, 2.24) is 0 Å². The van der Waals surface area contributed by atoms with Gasteiger partial charge in [0.05, 0.1) is 15.0 Å². The van der Waals surface area contributed by atoms with Crippen molar-refractivity contribution < 1.29 is 9.53 Å². The van der Waals surface area contributed by atoms with Gasteiger partial charge >= 0.3 is 5.97 Å². The number of carbonyl (C=O) groups excluding carboxylic acids is 1. The maximum absolute atomic E-state index is 11.1. The van der Waals surface area contributed by atoms with E-state index in [9.17, 15) is 4.79 Å². The molecule has 0 saturated carbocycles. The number of rotatable bonds is 2. The van der Waals surface area contributed by atoms with Crippen LogP contribution in [0.5, 0.6) is 0 Å². The van der Waals surface area contributed by atoms with E-state index >= 15 is 0 Å². The fraction of sp³-hybridized carbons (Fsp3) is 0.300. The Kier molecular flexibility index (Phi) is 3.12. The highest BCUT2D eigenvalue weighted by Crippen LogP contribution is 2.14. The normalized spacial score (nSPS) is 12.2. The standard InChI is InChI=1S/C10H11BO2/c1-7-4-3-5-8(6-7)9(11)10(12)13-2/h3-6,9H,1-2H3. The first-order valence-corrected chi connectivity index (χ1v) is 4.05. The number of aryl methyl sites for hydroxylation is 1. The molecule has 1 aromatic carbocycles. The van der Waals surface area contributed by atoms with Gasteiger partial charge in [-0.25, -0.2) is 0 Å². The van der Waals surface area contributed by atoms with E-state index in [1.54, 1.807) is 0 Å². The van der Waals surface area contributed by atoms with Crippen molar-refractivity contribution >= 4 is 13.8 Å². The van der Waals surface area contributed by atoms with Crippen LogP contribution in [0.25, 0.3) is 0 Å². The summed E-state index contributed by atoms with van der Waals surface area (Å²) in [6, 6.07) is 7.51. The highest BCUT2D eigenvalue weighted by Gasteiger charge is 2.14. The van der Waals surface area contributed by atoms with Gasteiger partial charge in [0.15, 0.2) is 0 Å². The fourth-order valence-corrected chi connectivity index (χ4v) is 1.13. The van der Waals surface area contributed by atoms with Crippen LogP contribution in [0, 0.1) is 6.92 Å². The van der Waals surface area contributed by atoms with E-state index in [2.05, 4.69) is 4.74 Å². The Balaban J connectivity index is 2.88. The predicted molar refractivity (Wildman–Crippen MR) is 51.7 cm³/mol. The maximum Gasteiger partial charge on any atom is 0.304 e. The van der Waals surface area contributed by atoms with Gasteiger partial charge in [-0.3, -0.25) is 4.79 Å². The summed E-state index contributed by atoms with van der Waals surface area (Å²) >= 11 is 0. The molecule has 0 saturated heterocycles. The highest BCUT2D eigenvalue weighted by molar-refractivity contribution is 6.23. The molecule has 2 nitrogen and oxygen atoms in total. The first-order valence-electron chi connectivity index (χ1n) is 4.05. The molecule has 0 aromatic heterocycles. The van der Waals surface area contributed by atoms with Crippen LogP contribution < -0.4 is 0 Å². The van der Waals surface area contributed by atoms with Crippen molar-refractivity contribution in [2.75, 3.05) is 7.11 Å². The second-order valence-electron chi connectivity index (χ2n) is 2.91. The largest absolute Gasteiger partial charge is 0.469 e. The molecule has 1 atom stereocenters. The predicted octanol–water partition coefficient (Wildman–Crippen LogP) is 1.38. The van der Waals surface area contributed by atoms with E-state index in [0.717, 1.165) is 11.1 Å². The SMILES string of the molecule is [B]C(C(=O)OC)c1cccc(C)c1. The summed E-state index contributed by atoms with van der Waals surface area (Å²) in [6.07, 6.45) is 0. The molecule has 1 aromatic rings. The van der Waals surface area contributed by atoms with Gasteiger partial charge in [0.1, 0.15) is 0 Å². The Morgan fingerprint density at radius 3 is 2.77 bits per heavy atom. The smallest absolute Gasteiger partial charge is 0.304 e. The zero-order chi connectivity index (χ0) is 9.84. The van der Waals surface area contributed by atoms with Crippen LogP contribution in [0.1, 0.15) is 16.9 Å². The molecule has 3 heteroatoms. The van der Waals surface area contributed by atoms with Gasteiger partial charge in [-0.05, 0) is 12.5 Å². The first-order chi connectivity index (χ1) is 6.15. The number of benzene rings is 1. The summed E-state index contributed by atoms with van der Waals surface area (Å²) in [6.45, 7) is 1.95.